The van der Waals surface area contributed by atoms with Crippen LogP contribution in [0.25, 0.3) is 10.9 Å². The van der Waals surface area contributed by atoms with Crippen LogP contribution < -0.4 is 10.0 Å². The summed E-state index contributed by atoms with van der Waals surface area (Å²) < 4.78 is 37.3. The van der Waals surface area contributed by atoms with Gasteiger partial charge in [0.05, 0.1) is 10.6 Å². The molecule has 124 valence electrons. The molecule has 0 unspecified atom stereocenters. The molecular weight excluding hydrogens is 368 g/mol. The number of anilines is 1. The number of aromatic nitrogens is 3. The summed E-state index contributed by atoms with van der Waals surface area (Å²) in [4.78, 5) is 13.4. The van der Waals surface area contributed by atoms with Crippen LogP contribution in [0.1, 0.15) is 12.8 Å². The highest BCUT2D eigenvalue weighted by molar-refractivity contribution is 7.89. The zero-order chi connectivity index (χ0) is 16.8. The Bertz CT molecular complexity index is 879. The lowest BCUT2D eigenvalue weighted by Gasteiger charge is -2.32. The maximum Gasteiger partial charge on any atom is 0.225 e. The Morgan fingerprint density at radius 2 is 2.09 bits per heavy atom. The minimum atomic E-state index is -3.67. The van der Waals surface area contributed by atoms with Gasteiger partial charge in [0.15, 0.2) is 11.0 Å². The molecular formula is C12H12Cl2FN5O2S. The number of nitrogens with zero attached hydrogens (tertiary/aromatic N) is 4. The first-order chi connectivity index (χ1) is 10.8. The van der Waals surface area contributed by atoms with Gasteiger partial charge in [-0.05, 0) is 24.4 Å². The van der Waals surface area contributed by atoms with Crippen molar-refractivity contribution in [3.63, 3.8) is 0 Å². The van der Waals surface area contributed by atoms with Crippen LogP contribution in [-0.4, -0.2) is 41.7 Å². The predicted octanol–water partition coefficient (Wildman–Crippen LogP) is 1.73. The van der Waals surface area contributed by atoms with E-state index in [1.807, 2.05) is 0 Å². The van der Waals surface area contributed by atoms with Crippen molar-refractivity contribution in [2.75, 3.05) is 18.0 Å². The average Bonchev–Trinajstić information content (AvgIpc) is 2.50. The standard InChI is InChI=1S/C12H12Cl2FN5O2S/c13-10-8(15)9-7(4-17-10)11(19-12(14)18-9)20-3-1-2-6(5-20)23(16,21)22/h4,6H,1-3,5H2,(H2,16,21,22)/t6-/m1/s1. The van der Waals surface area contributed by atoms with Crippen LogP contribution >= 0.6 is 23.2 Å². The molecule has 0 amide bonds. The molecule has 2 N–H and O–H groups in total. The molecule has 23 heavy (non-hydrogen) atoms. The Hall–Kier alpha value is -1.29. The smallest absolute Gasteiger partial charge is 0.225 e. The monoisotopic (exact) mass is 379 g/mol. The second-order valence-corrected chi connectivity index (χ2v) is 7.78. The molecule has 0 radical (unpaired) electrons. The Balaban J connectivity index is 2.11. The van der Waals surface area contributed by atoms with Crippen molar-refractivity contribution in [2.24, 2.45) is 5.14 Å². The van der Waals surface area contributed by atoms with Gasteiger partial charge >= 0.3 is 0 Å². The molecule has 3 rings (SSSR count). The van der Waals surface area contributed by atoms with Gasteiger partial charge in [-0.2, -0.15) is 4.98 Å². The molecule has 0 aromatic carbocycles. The van der Waals surface area contributed by atoms with E-state index < -0.39 is 21.1 Å². The van der Waals surface area contributed by atoms with E-state index in [1.54, 1.807) is 4.90 Å². The fourth-order valence-electron chi connectivity index (χ4n) is 2.63. The molecule has 2 aromatic heterocycles. The first kappa shape index (κ1) is 16.6. The van der Waals surface area contributed by atoms with Crippen LogP contribution in [0.15, 0.2) is 6.20 Å². The molecule has 2 aromatic rings. The third-order valence-corrected chi connectivity index (χ3v) is 5.48. The van der Waals surface area contributed by atoms with E-state index in [9.17, 15) is 12.8 Å². The number of nitrogens with two attached hydrogens (primary N) is 1. The average molecular weight is 380 g/mol. The Morgan fingerprint density at radius 3 is 2.78 bits per heavy atom. The third-order valence-electron chi connectivity index (χ3n) is 3.74. The fraction of sp³-hybridized carbons (Fsp3) is 0.417. The van der Waals surface area contributed by atoms with Crippen molar-refractivity contribution < 1.29 is 12.8 Å². The number of rotatable bonds is 2. The SMILES string of the molecule is NS(=O)(=O)[C@@H]1CCCN(c2nc(Cl)nc3c(F)c(Cl)ncc23)C1. The van der Waals surface area contributed by atoms with Crippen molar-refractivity contribution in [3.8, 4) is 0 Å². The number of pyridine rings is 1. The van der Waals surface area contributed by atoms with Crippen LogP contribution in [-0.2, 0) is 10.0 Å². The summed E-state index contributed by atoms with van der Waals surface area (Å²) in [7, 11) is -3.67. The summed E-state index contributed by atoms with van der Waals surface area (Å²) >= 11 is 11.5. The van der Waals surface area contributed by atoms with E-state index in [1.165, 1.54) is 6.20 Å². The first-order valence-corrected chi connectivity index (χ1v) is 9.07. The van der Waals surface area contributed by atoms with Crippen LogP contribution in [0, 0.1) is 5.82 Å². The van der Waals surface area contributed by atoms with E-state index >= 15 is 0 Å². The molecule has 0 saturated carbocycles. The number of fused-ring (bicyclic) bond motifs is 1. The second-order valence-electron chi connectivity index (χ2n) is 5.24. The fourth-order valence-corrected chi connectivity index (χ4v) is 3.82. The van der Waals surface area contributed by atoms with Gasteiger partial charge in [0.1, 0.15) is 11.3 Å². The van der Waals surface area contributed by atoms with E-state index in [-0.39, 0.29) is 22.5 Å². The molecule has 0 spiro atoms. The molecule has 1 aliphatic heterocycles. The summed E-state index contributed by atoms with van der Waals surface area (Å²) in [5, 5.41) is 4.35. The van der Waals surface area contributed by atoms with Crippen LogP contribution in [0.2, 0.25) is 10.4 Å². The Morgan fingerprint density at radius 1 is 1.35 bits per heavy atom. The minimum Gasteiger partial charge on any atom is -0.355 e. The summed E-state index contributed by atoms with van der Waals surface area (Å²) in [5.74, 6) is -0.480. The van der Waals surface area contributed by atoms with Gasteiger partial charge in [0.25, 0.3) is 0 Å². The third kappa shape index (κ3) is 3.18. The molecule has 0 bridgehead atoms. The molecule has 11 heteroatoms. The Labute approximate surface area is 141 Å². The van der Waals surface area contributed by atoms with Crippen molar-refractivity contribution >= 4 is 49.9 Å². The van der Waals surface area contributed by atoms with Gasteiger partial charge in [-0.1, -0.05) is 11.6 Å². The van der Waals surface area contributed by atoms with Gasteiger partial charge in [-0.15, -0.1) is 0 Å². The van der Waals surface area contributed by atoms with Gasteiger partial charge in [0.2, 0.25) is 15.3 Å². The highest BCUT2D eigenvalue weighted by Gasteiger charge is 2.30. The summed E-state index contributed by atoms with van der Waals surface area (Å²) in [6.07, 6.45) is 2.41. The van der Waals surface area contributed by atoms with Gasteiger partial charge < -0.3 is 4.90 Å². The summed E-state index contributed by atoms with van der Waals surface area (Å²) in [6.45, 7) is 0.685. The maximum atomic E-state index is 14.1. The van der Waals surface area contributed by atoms with Crippen molar-refractivity contribution in [3.05, 3.63) is 22.5 Å². The highest BCUT2D eigenvalue weighted by atomic mass is 35.5. The van der Waals surface area contributed by atoms with Gasteiger partial charge in [-0.3, -0.25) is 0 Å². The summed E-state index contributed by atoms with van der Waals surface area (Å²) in [6, 6.07) is 0. The molecule has 3 heterocycles. The van der Waals surface area contributed by atoms with Gasteiger partial charge in [-0.25, -0.2) is 27.9 Å². The van der Waals surface area contributed by atoms with E-state index in [2.05, 4.69) is 15.0 Å². The van der Waals surface area contributed by atoms with E-state index in [4.69, 9.17) is 28.3 Å². The van der Waals surface area contributed by atoms with Crippen LogP contribution in [0.3, 0.4) is 0 Å². The first-order valence-electron chi connectivity index (χ1n) is 6.71. The normalized spacial score (nSPS) is 19.3. The number of primary sulfonamides is 1. The molecule has 0 aliphatic carbocycles. The second kappa shape index (κ2) is 5.97. The topological polar surface area (TPSA) is 102 Å². The minimum absolute atomic E-state index is 0.0577. The number of hydrogen-bond donors (Lipinski definition) is 1. The predicted molar refractivity (Wildman–Crippen MR) is 85.7 cm³/mol. The number of sulfonamides is 1. The number of halogens is 3. The van der Waals surface area contributed by atoms with Crippen molar-refractivity contribution in [1.29, 1.82) is 0 Å². The maximum absolute atomic E-state index is 14.1. The quantitative estimate of drug-likeness (QED) is 0.629. The molecule has 1 saturated heterocycles. The highest BCUT2D eigenvalue weighted by Crippen LogP contribution is 2.31. The molecule has 1 fully saturated rings. The molecule has 1 aliphatic rings. The van der Waals surface area contributed by atoms with E-state index in [0.717, 1.165) is 0 Å². The van der Waals surface area contributed by atoms with Crippen molar-refractivity contribution in [2.45, 2.75) is 18.1 Å². The summed E-state index contributed by atoms with van der Waals surface area (Å²) in [5.41, 5.74) is -0.0577. The lowest BCUT2D eigenvalue weighted by atomic mass is 10.1. The van der Waals surface area contributed by atoms with Crippen LogP contribution in [0.4, 0.5) is 10.2 Å². The Kier molecular flexibility index (Phi) is 4.30. The lowest BCUT2D eigenvalue weighted by molar-refractivity contribution is 0.531. The van der Waals surface area contributed by atoms with Crippen LogP contribution in [0.5, 0.6) is 0 Å². The van der Waals surface area contributed by atoms with Gasteiger partial charge in [0, 0.05) is 19.3 Å². The molecule has 7 nitrogen and oxygen atoms in total. The van der Waals surface area contributed by atoms with Crippen molar-refractivity contribution in [1.82, 2.24) is 15.0 Å². The lowest BCUT2D eigenvalue weighted by Crippen LogP contribution is -2.45. The van der Waals surface area contributed by atoms with E-state index in [0.29, 0.717) is 30.6 Å². The number of hydrogen-bond acceptors (Lipinski definition) is 6. The number of piperidine rings is 1. The largest absolute Gasteiger partial charge is 0.355 e. The zero-order valence-corrected chi connectivity index (χ0v) is 14.0. The zero-order valence-electron chi connectivity index (χ0n) is 11.7. The molecule has 1 atom stereocenters.